The average molecular weight is 197 g/mol. The van der Waals surface area contributed by atoms with Crippen LogP contribution < -0.4 is 4.74 Å². The Kier molecular flexibility index (Phi) is 2.11. The number of rotatable bonds is 3. The summed E-state index contributed by atoms with van der Waals surface area (Å²) in [5.74, 6) is -1.10. The van der Waals surface area contributed by atoms with Gasteiger partial charge in [-0.2, -0.15) is 0 Å². The van der Waals surface area contributed by atoms with Gasteiger partial charge in [0.25, 0.3) is 0 Å². The first-order valence-electron chi connectivity index (χ1n) is 4.46. The fourth-order valence-electron chi connectivity index (χ4n) is 1.54. The Balaban J connectivity index is 2.40. The topological polar surface area (TPSA) is 77.2 Å². The molecule has 0 aliphatic heterocycles. The zero-order valence-electron chi connectivity index (χ0n) is 7.80. The second-order valence-electron chi connectivity index (χ2n) is 3.27. The lowest BCUT2D eigenvalue weighted by Gasteiger charge is -2.27. The number of carboxylic acids is 1. The molecule has 6 heteroatoms. The first kappa shape index (κ1) is 8.98. The monoisotopic (exact) mass is 197 g/mol. The van der Waals surface area contributed by atoms with Crippen LogP contribution in [-0.2, 0) is 0 Å². The lowest BCUT2D eigenvalue weighted by molar-refractivity contribution is 0.0669. The van der Waals surface area contributed by atoms with Gasteiger partial charge < -0.3 is 9.84 Å². The molecule has 0 amide bonds. The SMILES string of the molecule is COc1nnc(C(=O)O)n1C1CCC1. The normalized spacial score (nSPS) is 16.4. The maximum Gasteiger partial charge on any atom is 0.374 e. The quantitative estimate of drug-likeness (QED) is 0.772. The molecule has 0 spiro atoms. The Morgan fingerprint density at radius 3 is 2.71 bits per heavy atom. The number of hydrogen-bond acceptors (Lipinski definition) is 4. The molecule has 2 rings (SSSR count). The highest BCUT2D eigenvalue weighted by molar-refractivity contribution is 5.83. The maximum absolute atomic E-state index is 10.8. The van der Waals surface area contributed by atoms with Gasteiger partial charge in [0.05, 0.1) is 7.11 Å². The summed E-state index contributed by atoms with van der Waals surface area (Å²) < 4.78 is 6.52. The Labute approximate surface area is 80.5 Å². The van der Waals surface area contributed by atoms with Crippen LogP contribution in [0.2, 0.25) is 0 Å². The molecule has 0 bridgehead atoms. The highest BCUT2D eigenvalue weighted by atomic mass is 16.5. The molecule has 1 saturated carbocycles. The van der Waals surface area contributed by atoms with Crippen LogP contribution >= 0.6 is 0 Å². The van der Waals surface area contributed by atoms with Gasteiger partial charge in [0.1, 0.15) is 0 Å². The van der Waals surface area contributed by atoms with E-state index >= 15 is 0 Å². The first-order chi connectivity index (χ1) is 6.74. The lowest BCUT2D eigenvalue weighted by Crippen LogP contribution is -2.22. The molecule has 1 aromatic heterocycles. The summed E-state index contributed by atoms with van der Waals surface area (Å²) in [6.07, 6.45) is 3.05. The van der Waals surface area contributed by atoms with Crippen LogP contribution in [0.25, 0.3) is 0 Å². The van der Waals surface area contributed by atoms with E-state index in [1.54, 1.807) is 4.57 Å². The summed E-state index contributed by atoms with van der Waals surface area (Å²) in [6.45, 7) is 0. The highest BCUT2D eigenvalue weighted by Crippen LogP contribution is 2.35. The molecule has 1 fully saturated rings. The summed E-state index contributed by atoms with van der Waals surface area (Å²) in [4.78, 5) is 10.8. The molecule has 6 nitrogen and oxygen atoms in total. The first-order valence-corrected chi connectivity index (χ1v) is 4.46. The van der Waals surface area contributed by atoms with Crippen molar-refractivity contribution in [2.24, 2.45) is 0 Å². The second kappa shape index (κ2) is 3.28. The Morgan fingerprint density at radius 2 is 2.29 bits per heavy atom. The number of carbonyl (C=O) groups is 1. The van der Waals surface area contributed by atoms with E-state index in [9.17, 15) is 4.79 Å². The van der Waals surface area contributed by atoms with Crippen LogP contribution in [0.3, 0.4) is 0 Å². The minimum atomic E-state index is -1.06. The molecule has 1 heterocycles. The number of aromatic carboxylic acids is 1. The molecule has 0 atom stereocenters. The summed E-state index contributed by atoms with van der Waals surface area (Å²) in [5.41, 5.74) is 0. The summed E-state index contributed by atoms with van der Waals surface area (Å²) >= 11 is 0. The molecule has 0 unspecified atom stereocenters. The van der Waals surface area contributed by atoms with Gasteiger partial charge in [-0.05, 0) is 19.3 Å². The lowest BCUT2D eigenvalue weighted by atomic mass is 9.93. The van der Waals surface area contributed by atoms with Crippen LogP contribution in [0.4, 0.5) is 0 Å². The fraction of sp³-hybridized carbons (Fsp3) is 0.625. The van der Waals surface area contributed by atoms with Crippen LogP contribution in [0.5, 0.6) is 6.01 Å². The molecule has 76 valence electrons. The van der Waals surface area contributed by atoms with E-state index in [1.165, 1.54) is 7.11 Å². The standard InChI is InChI=1S/C8H11N3O3/c1-14-8-10-9-6(7(12)13)11(8)5-3-2-4-5/h5H,2-4H2,1H3,(H,12,13). The molecule has 0 radical (unpaired) electrons. The van der Waals surface area contributed by atoms with Gasteiger partial charge in [-0.15, -0.1) is 5.10 Å². The van der Waals surface area contributed by atoms with Crippen LogP contribution in [0.15, 0.2) is 0 Å². The van der Waals surface area contributed by atoms with Crippen molar-refractivity contribution in [2.75, 3.05) is 7.11 Å². The molecule has 14 heavy (non-hydrogen) atoms. The van der Waals surface area contributed by atoms with Crippen molar-refractivity contribution < 1.29 is 14.6 Å². The molecule has 0 aromatic carbocycles. The predicted octanol–water partition coefficient (Wildman–Crippen LogP) is 0.710. The summed E-state index contributed by atoms with van der Waals surface area (Å²) in [5, 5.41) is 16.1. The van der Waals surface area contributed by atoms with Crippen molar-refractivity contribution >= 4 is 5.97 Å². The third kappa shape index (κ3) is 1.23. The molecule has 1 aromatic rings. The van der Waals surface area contributed by atoms with Gasteiger partial charge in [0, 0.05) is 6.04 Å². The summed E-state index contributed by atoms with van der Waals surface area (Å²) in [7, 11) is 1.46. The fourth-order valence-corrected chi connectivity index (χ4v) is 1.54. The van der Waals surface area contributed by atoms with E-state index in [1.807, 2.05) is 0 Å². The van der Waals surface area contributed by atoms with E-state index in [4.69, 9.17) is 9.84 Å². The number of carboxylic acid groups (broad SMARTS) is 1. The zero-order chi connectivity index (χ0) is 10.1. The van der Waals surface area contributed by atoms with Gasteiger partial charge >= 0.3 is 12.0 Å². The van der Waals surface area contributed by atoms with Crippen LogP contribution in [-0.4, -0.2) is 33.0 Å². The van der Waals surface area contributed by atoms with Crippen molar-refractivity contribution in [3.8, 4) is 6.01 Å². The highest BCUT2D eigenvalue weighted by Gasteiger charge is 2.28. The number of aromatic nitrogens is 3. The number of methoxy groups -OCH3 is 1. The third-order valence-corrected chi connectivity index (χ3v) is 2.48. The van der Waals surface area contributed by atoms with Crippen molar-refractivity contribution in [1.82, 2.24) is 14.8 Å². The Hall–Kier alpha value is -1.59. The van der Waals surface area contributed by atoms with Gasteiger partial charge in [-0.1, -0.05) is 5.10 Å². The molecular weight excluding hydrogens is 186 g/mol. The van der Waals surface area contributed by atoms with Gasteiger partial charge in [0.15, 0.2) is 0 Å². The zero-order valence-corrected chi connectivity index (χ0v) is 7.80. The minimum absolute atomic E-state index is 0.0356. The summed E-state index contributed by atoms with van der Waals surface area (Å²) in [6, 6.07) is 0.471. The second-order valence-corrected chi connectivity index (χ2v) is 3.27. The number of nitrogens with zero attached hydrogens (tertiary/aromatic N) is 3. The average Bonchev–Trinajstić information content (AvgIpc) is 2.45. The van der Waals surface area contributed by atoms with Gasteiger partial charge in [-0.3, -0.25) is 4.57 Å². The minimum Gasteiger partial charge on any atom is -0.475 e. The van der Waals surface area contributed by atoms with Crippen LogP contribution in [0.1, 0.15) is 35.9 Å². The molecular formula is C8H11N3O3. The Morgan fingerprint density at radius 1 is 1.57 bits per heavy atom. The van der Waals surface area contributed by atoms with E-state index in [-0.39, 0.29) is 17.9 Å². The van der Waals surface area contributed by atoms with E-state index < -0.39 is 5.97 Å². The van der Waals surface area contributed by atoms with Crippen molar-refractivity contribution in [1.29, 1.82) is 0 Å². The largest absolute Gasteiger partial charge is 0.475 e. The number of hydrogen-bond donors (Lipinski definition) is 1. The predicted molar refractivity (Wildman–Crippen MR) is 46.4 cm³/mol. The van der Waals surface area contributed by atoms with Gasteiger partial charge in [0.2, 0.25) is 5.82 Å². The third-order valence-electron chi connectivity index (χ3n) is 2.48. The maximum atomic E-state index is 10.8. The van der Waals surface area contributed by atoms with Gasteiger partial charge in [-0.25, -0.2) is 4.79 Å². The molecule has 1 aliphatic rings. The van der Waals surface area contributed by atoms with Crippen LogP contribution in [0, 0.1) is 0 Å². The van der Waals surface area contributed by atoms with Crippen molar-refractivity contribution in [3.05, 3.63) is 5.82 Å². The molecule has 1 aliphatic carbocycles. The number of ether oxygens (including phenoxy) is 1. The van der Waals surface area contributed by atoms with E-state index in [2.05, 4.69) is 10.2 Å². The van der Waals surface area contributed by atoms with Crippen molar-refractivity contribution in [2.45, 2.75) is 25.3 Å². The van der Waals surface area contributed by atoms with E-state index in [0.29, 0.717) is 0 Å². The van der Waals surface area contributed by atoms with Crippen molar-refractivity contribution in [3.63, 3.8) is 0 Å². The molecule has 1 N–H and O–H groups in total. The van der Waals surface area contributed by atoms with E-state index in [0.717, 1.165) is 19.3 Å². The molecule has 0 saturated heterocycles. The smallest absolute Gasteiger partial charge is 0.374 e. The Bertz CT molecular complexity index is 357.